The van der Waals surface area contributed by atoms with Crippen LogP contribution in [0.5, 0.6) is 0 Å². The van der Waals surface area contributed by atoms with Crippen molar-refractivity contribution in [1.82, 2.24) is 40.0 Å². The van der Waals surface area contributed by atoms with Crippen LogP contribution in [0.15, 0.2) is 61.1 Å². The fraction of sp³-hybridized carbons (Fsp3) is 0.323. The minimum absolute atomic E-state index is 0.0738. The van der Waals surface area contributed by atoms with E-state index in [-0.39, 0.29) is 23.4 Å². The summed E-state index contributed by atoms with van der Waals surface area (Å²) >= 11 is 0. The Morgan fingerprint density at radius 3 is 2.64 bits per heavy atom. The van der Waals surface area contributed by atoms with Crippen LogP contribution in [0.1, 0.15) is 39.9 Å². The quantitative estimate of drug-likeness (QED) is 0.260. The van der Waals surface area contributed by atoms with E-state index in [1.165, 1.54) is 12.1 Å². The monoisotopic (exact) mass is 603 g/mol. The van der Waals surface area contributed by atoms with Crippen molar-refractivity contribution in [1.29, 1.82) is 0 Å². The van der Waals surface area contributed by atoms with Crippen molar-refractivity contribution in [2.45, 2.75) is 38.5 Å². The van der Waals surface area contributed by atoms with Gasteiger partial charge in [-0.25, -0.2) is 9.67 Å². The number of likely N-dealkylation sites (tertiary alicyclic amines) is 1. The van der Waals surface area contributed by atoms with E-state index in [1.807, 2.05) is 27.1 Å². The van der Waals surface area contributed by atoms with E-state index in [9.17, 15) is 18.0 Å². The molecule has 2 N–H and O–H groups in total. The van der Waals surface area contributed by atoms with Gasteiger partial charge in [0, 0.05) is 41.0 Å². The average molecular weight is 604 g/mol. The number of aromatic amines is 1. The number of hydrogen-bond acceptors (Lipinski definition) is 7. The predicted octanol–water partition coefficient (Wildman–Crippen LogP) is 5.31. The number of fused-ring (bicyclic) bond motifs is 1. The Labute approximate surface area is 251 Å². The van der Waals surface area contributed by atoms with Gasteiger partial charge in [-0.1, -0.05) is 17.3 Å². The van der Waals surface area contributed by atoms with Crippen LogP contribution in [0.25, 0.3) is 28.0 Å². The third-order valence-corrected chi connectivity index (χ3v) is 8.15. The Kier molecular flexibility index (Phi) is 7.91. The van der Waals surface area contributed by atoms with E-state index in [1.54, 1.807) is 41.5 Å². The Morgan fingerprint density at radius 2 is 1.89 bits per heavy atom. The normalized spacial score (nSPS) is 14.9. The largest absolute Gasteiger partial charge is 0.416 e. The second-order valence-corrected chi connectivity index (χ2v) is 11.4. The number of anilines is 1. The highest BCUT2D eigenvalue weighted by molar-refractivity contribution is 6.04. The van der Waals surface area contributed by atoms with E-state index < -0.39 is 17.6 Å². The minimum Gasteiger partial charge on any atom is -0.322 e. The number of carbonyl (C=O) groups excluding carboxylic acids is 1. The highest BCUT2D eigenvalue weighted by atomic mass is 19.4. The molecule has 4 heterocycles. The van der Waals surface area contributed by atoms with Crippen molar-refractivity contribution < 1.29 is 18.0 Å². The topological polar surface area (TPSA) is 108 Å². The van der Waals surface area contributed by atoms with Gasteiger partial charge in [-0.15, -0.1) is 5.10 Å². The molecule has 0 atom stereocenters. The van der Waals surface area contributed by atoms with Gasteiger partial charge in [-0.2, -0.15) is 18.3 Å². The summed E-state index contributed by atoms with van der Waals surface area (Å²) in [6.07, 6.45) is 2.33. The third kappa shape index (κ3) is 6.19. The molecule has 1 saturated heterocycles. The third-order valence-electron chi connectivity index (χ3n) is 8.15. The van der Waals surface area contributed by atoms with Crippen LogP contribution in [0.2, 0.25) is 0 Å². The fourth-order valence-electron chi connectivity index (χ4n) is 5.58. The molecule has 1 aliphatic heterocycles. The first-order valence-corrected chi connectivity index (χ1v) is 14.3. The van der Waals surface area contributed by atoms with Gasteiger partial charge >= 0.3 is 6.18 Å². The molecule has 13 heteroatoms. The Morgan fingerprint density at radius 1 is 1.09 bits per heavy atom. The second-order valence-electron chi connectivity index (χ2n) is 11.4. The van der Waals surface area contributed by atoms with Gasteiger partial charge in [0.25, 0.3) is 5.91 Å². The summed E-state index contributed by atoms with van der Waals surface area (Å²) < 4.78 is 43.9. The summed E-state index contributed by atoms with van der Waals surface area (Å²) in [5.41, 5.74) is 3.23. The van der Waals surface area contributed by atoms with Crippen molar-refractivity contribution >= 4 is 22.6 Å². The van der Waals surface area contributed by atoms with E-state index in [4.69, 9.17) is 0 Å². The zero-order chi connectivity index (χ0) is 31.0. The van der Waals surface area contributed by atoms with Crippen LogP contribution in [-0.4, -0.2) is 79.1 Å². The van der Waals surface area contributed by atoms with Gasteiger partial charge in [-0.05, 0) is 88.4 Å². The number of H-pyrrole nitrogens is 1. The van der Waals surface area contributed by atoms with Crippen LogP contribution in [-0.2, 0) is 12.7 Å². The van der Waals surface area contributed by atoms with Crippen LogP contribution < -0.4 is 5.32 Å². The SMILES string of the molecule is Cc1ccc(C(=O)Nc2ccc(CN3CCC(N(C)C)CC3)c(C(F)(F)F)c2)cc1-n1cc(-c2cnc3[nH]ncc3c2)nn1. The number of amides is 1. The number of benzene rings is 2. The average Bonchev–Trinajstić information content (AvgIpc) is 3.68. The Bertz CT molecular complexity index is 1800. The maximum absolute atomic E-state index is 14.1. The Hall–Kier alpha value is -4.62. The zero-order valence-corrected chi connectivity index (χ0v) is 24.6. The van der Waals surface area contributed by atoms with Crippen molar-refractivity contribution in [3.63, 3.8) is 0 Å². The summed E-state index contributed by atoms with van der Waals surface area (Å²) in [6.45, 7) is 3.54. The number of halogens is 3. The van der Waals surface area contributed by atoms with Gasteiger partial charge < -0.3 is 10.2 Å². The smallest absolute Gasteiger partial charge is 0.322 e. The first-order chi connectivity index (χ1) is 21.0. The lowest BCUT2D eigenvalue weighted by Crippen LogP contribution is -2.41. The van der Waals surface area contributed by atoms with Crippen LogP contribution in [0, 0.1) is 6.92 Å². The number of carbonyl (C=O) groups is 1. The first kappa shape index (κ1) is 29.5. The number of aromatic nitrogens is 6. The molecule has 2 aromatic carbocycles. The molecule has 6 rings (SSSR count). The minimum atomic E-state index is -4.56. The van der Waals surface area contributed by atoms with Crippen LogP contribution in [0.4, 0.5) is 18.9 Å². The van der Waals surface area contributed by atoms with Gasteiger partial charge in [0.2, 0.25) is 0 Å². The zero-order valence-electron chi connectivity index (χ0n) is 24.6. The highest BCUT2D eigenvalue weighted by Crippen LogP contribution is 2.35. The number of aryl methyl sites for hydroxylation is 1. The molecule has 0 radical (unpaired) electrons. The lowest BCUT2D eigenvalue weighted by atomic mass is 10.0. The van der Waals surface area contributed by atoms with Crippen molar-refractivity contribution in [2.24, 2.45) is 0 Å². The summed E-state index contributed by atoms with van der Waals surface area (Å²) in [4.78, 5) is 21.8. The number of alkyl halides is 3. The van der Waals surface area contributed by atoms with Crippen molar-refractivity contribution in [3.8, 4) is 16.9 Å². The predicted molar refractivity (Wildman–Crippen MR) is 160 cm³/mol. The molecule has 1 aliphatic rings. The summed E-state index contributed by atoms with van der Waals surface area (Å²) in [5, 5.41) is 18.8. The second kappa shape index (κ2) is 11.8. The lowest BCUT2D eigenvalue weighted by molar-refractivity contribution is -0.138. The summed E-state index contributed by atoms with van der Waals surface area (Å²) in [5.74, 6) is -0.534. The van der Waals surface area contributed by atoms with E-state index in [2.05, 4.69) is 40.6 Å². The van der Waals surface area contributed by atoms with Crippen LogP contribution in [0.3, 0.4) is 0 Å². The van der Waals surface area contributed by atoms with E-state index in [0.29, 0.717) is 23.1 Å². The first-order valence-electron chi connectivity index (χ1n) is 14.3. The van der Waals surface area contributed by atoms with Gasteiger partial charge in [-0.3, -0.25) is 14.8 Å². The molecule has 0 bridgehead atoms. The standard InChI is InChI=1S/C31H32F3N9O/c1-19-4-5-20(13-28(19)43-18-27(38-40-43)22-12-23-16-36-39-29(23)35-15-22)30(44)37-24-7-6-21(26(14-24)31(32,33)34)17-42-10-8-25(9-11-42)41(2)3/h4-7,12-16,18,25H,8-11,17H2,1-3H3,(H,37,44)(H,35,36,39). The number of rotatable bonds is 7. The molecule has 0 aliphatic carbocycles. The molecule has 3 aromatic heterocycles. The molecular weight excluding hydrogens is 571 g/mol. The number of nitrogens with one attached hydrogen (secondary N) is 2. The van der Waals surface area contributed by atoms with Gasteiger partial charge in [0.15, 0.2) is 5.65 Å². The molecule has 44 heavy (non-hydrogen) atoms. The molecule has 1 amide bonds. The molecule has 0 unspecified atom stereocenters. The molecule has 1 fully saturated rings. The number of hydrogen-bond donors (Lipinski definition) is 2. The summed E-state index contributed by atoms with van der Waals surface area (Å²) in [6, 6.07) is 11.4. The van der Waals surface area contributed by atoms with E-state index >= 15 is 0 Å². The van der Waals surface area contributed by atoms with Gasteiger partial charge in [0.1, 0.15) is 5.69 Å². The molecule has 228 valence electrons. The van der Waals surface area contributed by atoms with Crippen LogP contribution >= 0.6 is 0 Å². The fourth-order valence-corrected chi connectivity index (χ4v) is 5.58. The van der Waals surface area contributed by atoms with E-state index in [0.717, 1.165) is 48.5 Å². The maximum Gasteiger partial charge on any atom is 0.416 e. The number of nitrogens with zero attached hydrogens (tertiary/aromatic N) is 7. The number of piperidine rings is 1. The Balaban J connectivity index is 1.19. The molecule has 0 saturated carbocycles. The number of pyridine rings is 1. The maximum atomic E-state index is 14.1. The lowest BCUT2D eigenvalue weighted by Gasteiger charge is -2.35. The van der Waals surface area contributed by atoms with Gasteiger partial charge in [0.05, 0.1) is 23.6 Å². The van der Waals surface area contributed by atoms with Crippen molar-refractivity contribution in [3.05, 3.63) is 83.3 Å². The van der Waals surface area contributed by atoms with Crippen molar-refractivity contribution in [2.75, 3.05) is 32.5 Å². The molecule has 5 aromatic rings. The molecule has 10 nitrogen and oxygen atoms in total. The summed E-state index contributed by atoms with van der Waals surface area (Å²) in [7, 11) is 4.05. The molecular formula is C31H32F3N9O. The molecule has 0 spiro atoms. The highest BCUT2D eigenvalue weighted by Gasteiger charge is 2.34.